The maximum absolute atomic E-state index is 11.1. The number of rotatable bonds is 2. The van der Waals surface area contributed by atoms with Gasteiger partial charge in [0.25, 0.3) is 0 Å². The number of carbonyl (C=O) groups is 1. The molecule has 4 rings (SSSR count). The Labute approximate surface area is 104 Å². The van der Waals surface area contributed by atoms with Crippen molar-refractivity contribution >= 4 is 38.3 Å². The van der Waals surface area contributed by atoms with Crippen molar-refractivity contribution in [3.63, 3.8) is 0 Å². The van der Waals surface area contributed by atoms with Crippen LogP contribution >= 0.6 is 27.3 Å². The lowest BCUT2D eigenvalue weighted by molar-refractivity contribution is -0.119. The molecule has 3 aliphatic rings. The number of nitrogens with zero attached hydrogens (tertiary/aromatic N) is 3. The van der Waals surface area contributed by atoms with Crippen LogP contribution in [0.25, 0.3) is 0 Å². The third-order valence-corrected chi connectivity index (χ3v) is 5.32. The molecule has 1 aromatic rings. The van der Waals surface area contributed by atoms with E-state index in [9.17, 15) is 4.79 Å². The summed E-state index contributed by atoms with van der Waals surface area (Å²) >= 11 is 4.88. The Hall–Kier alpha value is -0.690. The van der Waals surface area contributed by atoms with Crippen LogP contribution in [0, 0.1) is 5.41 Å². The quantitative estimate of drug-likeness (QED) is 0.876. The minimum atomic E-state index is 0.0674. The summed E-state index contributed by atoms with van der Waals surface area (Å²) in [5.74, 6) is 0.0674. The highest BCUT2D eigenvalue weighted by Gasteiger charge is 2.91. The van der Waals surface area contributed by atoms with Crippen LogP contribution in [0.1, 0.15) is 13.3 Å². The molecule has 3 fully saturated rings. The Morgan fingerprint density at radius 1 is 1.69 bits per heavy atom. The lowest BCUT2D eigenvalue weighted by Crippen LogP contribution is -2.40. The molecule has 1 aromatic heterocycles. The molecule has 4 atom stereocenters. The molecule has 1 saturated heterocycles. The molecule has 2 saturated carbocycles. The fourth-order valence-corrected chi connectivity index (χ4v) is 4.42. The fourth-order valence-electron chi connectivity index (χ4n) is 3.24. The van der Waals surface area contributed by atoms with Gasteiger partial charge in [-0.25, -0.2) is 0 Å². The number of halogens is 1. The van der Waals surface area contributed by atoms with Crippen molar-refractivity contribution in [3.8, 4) is 0 Å². The van der Waals surface area contributed by atoms with Gasteiger partial charge < -0.3 is 10.2 Å². The van der Waals surface area contributed by atoms with Crippen LogP contribution in [0.4, 0.5) is 5.13 Å². The summed E-state index contributed by atoms with van der Waals surface area (Å²) in [4.78, 5) is 13.4. The first-order chi connectivity index (χ1) is 7.64. The highest BCUT2D eigenvalue weighted by molar-refractivity contribution is 9.11. The van der Waals surface area contributed by atoms with Crippen molar-refractivity contribution in [1.82, 2.24) is 15.5 Å². The largest absolute Gasteiger partial charge is 0.351 e. The molecule has 1 amide bonds. The van der Waals surface area contributed by atoms with Crippen LogP contribution in [0.5, 0.6) is 0 Å². The summed E-state index contributed by atoms with van der Waals surface area (Å²) in [5, 5.41) is 12.1. The molecule has 1 aliphatic heterocycles. The summed E-state index contributed by atoms with van der Waals surface area (Å²) < 4.78 is 0.817. The van der Waals surface area contributed by atoms with E-state index in [-0.39, 0.29) is 5.91 Å². The summed E-state index contributed by atoms with van der Waals surface area (Å²) in [7, 11) is 0. The molecule has 0 radical (unpaired) electrons. The topological polar surface area (TPSA) is 58.1 Å². The predicted molar refractivity (Wildman–Crippen MR) is 62.3 cm³/mol. The van der Waals surface area contributed by atoms with E-state index in [0.29, 0.717) is 23.5 Å². The van der Waals surface area contributed by atoms with Gasteiger partial charge in [-0.3, -0.25) is 4.79 Å². The second-order valence-corrected chi connectivity index (χ2v) is 6.93. The molecule has 7 heteroatoms. The Balaban J connectivity index is 1.57. The third kappa shape index (κ3) is 0.901. The number of hydrogen-bond donors (Lipinski definition) is 1. The molecule has 2 aliphatic carbocycles. The van der Waals surface area contributed by atoms with Gasteiger partial charge in [-0.1, -0.05) is 11.3 Å². The lowest BCUT2D eigenvalue weighted by Gasteiger charge is -2.27. The Kier molecular flexibility index (Phi) is 1.51. The molecule has 4 unspecified atom stereocenters. The maximum atomic E-state index is 11.1. The van der Waals surface area contributed by atoms with E-state index >= 15 is 0 Å². The highest BCUT2D eigenvalue weighted by atomic mass is 79.9. The fraction of sp³-hybridized carbons (Fsp3) is 0.667. The molecule has 5 nitrogen and oxygen atoms in total. The van der Waals surface area contributed by atoms with E-state index in [1.165, 1.54) is 6.42 Å². The van der Waals surface area contributed by atoms with Crippen molar-refractivity contribution in [2.45, 2.75) is 31.5 Å². The highest BCUT2D eigenvalue weighted by Crippen LogP contribution is 2.79. The summed E-state index contributed by atoms with van der Waals surface area (Å²) in [6.07, 6.45) is 1.19. The molecule has 2 heterocycles. The maximum Gasteiger partial charge on any atom is 0.217 e. The minimum absolute atomic E-state index is 0.0674. The molecule has 0 bridgehead atoms. The van der Waals surface area contributed by atoms with Gasteiger partial charge >= 0.3 is 0 Å². The van der Waals surface area contributed by atoms with Crippen molar-refractivity contribution < 1.29 is 4.79 Å². The smallest absolute Gasteiger partial charge is 0.217 e. The number of carbonyl (C=O) groups excluding carboxylic acids is 1. The van der Waals surface area contributed by atoms with E-state index in [2.05, 4.69) is 36.3 Å². The van der Waals surface area contributed by atoms with E-state index in [1.54, 1.807) is 18.3 Å². The van der Waals surface area contributed by atoms with Crippen molar-refractivity contribution in [3.05, 3.63) is 3.92 Å². The van der Waals surface area contributed by atoms with Crippen LogP contribution in [-0.4, -0.2) is 34.2 Å². The number of amides is 1. The average molecular weight is 301 g/mol. The van der Waals surface area contributed by atoms with Gasteiger partial charge in [0, 0.05) is 18.4 Å². The molecular formula is C9H9BrN4OS. The van der Waals surface area contributed by atoms with Gasteiger partial charge in [0.15, 0.2) is 3.92 Å². The lowest BCUT2D eigenvalue weighted by atomic mass is 10.2. The van der Waals surface area contributed by atoms with Crippen LogP contribution < -0.4 is 10.2 Å². The monoisotopic (exact) mass is 300 g/mol. The molecule has 84 valence electrons. The van der Waals surface area contributed by atoms with Gasteiger partial charge in [0.1, 0.15) is 0 Å². The van der Waals surface area contributed by atoms with Crippen LogP contribution in [0.2, 0.25) is 0 Å². The first-order valence-electron chi connectivity index (χ1n) is 5.19. The van der Waals surface area contributed by atoms with E-state index in [1.807, 2.05) is 0 Å². The average Bonchev–Trinajstić information content (AvgIpc) is 2.85. The SMILES string of the molecule is CC(=O)NC1C2N(c3nnc(Br)s3)C3CC132. The van der Waals surface area contributed by atoms with E-state index in [4.69, 9.17) is 0 Å². The van der Waals surface area contributed by atoms with Gasteiger partial charge in [-0.15, -0.1) is 10.2 Å². The third-order valence-electron chi connectivity index (χ3n) is 3.95. The zero-order valence-electron chi connectivity index (χ0n) is 8.48. The van der Waals surface area contributed by atoms with Crippen molar-refractivity contribution in [1.29, 1.82) is 0 Å². The van der Waals surface area contributed by atoms with Crippen molar-refractivity contribution in [2.24, 2.45) is 5.41 Å². The second kappa shape index (κ2) is 2.59. The molecule has 0 aromatic carbocycles. The summed E-state index contributed by atoms with van der Waals surface area (Å²) in [6, 6.07) is 1.41. The van der Waals surface area contributed by atoms with Crippen LogP contribution in [0.3, 0.4) is 0 Å². The van der Waals surface area contributed by atoms with Crippen molar-refractivity contribution in [2.75, 3.05) is 4.90 Å². The summed E-state index contributed by atoms with van der Waals surface area (Å²) in [5.41, 5.74) is 0.407. The normalized spacial score (nSPS) is 41.9. The number of hydrogen-bond acceptors (Lipinski definition) is 5. The van der Waals surface area contributed by atoms with E-state index < -0.39 is 0 Å². The predicted octanol–water partition coefficient (Wildman–Crippen LogP) is 0.766. The first-order valence-corrected chi connectivity index (χ1v) is 6.80. The number of anilines is 1. The molecule has 1 spiro atoms. The Bertz CT molecular complexity index is 505. The second-order valence-electron chi connectivity index (χ2n) is 4.70. The molecular weight excluding hydrogens is 292 g/mol. The standard InChI is InChI=1S/C9H9BrN4OS/c1-3(15)11-5-6-9(5)2-4(9)14(6)8-13-12-7(10)16-8/h4-6H,2H2,1H3,(H,11,15). The molecule has 16 heavy (non-hydrogen) atoms. The zero-order valence-corrected chi connectivity index (χ0v) is 10.9. The van der Waals surface area contributed by atoms with Gasteiger partial charge in [0.2, 0.25) is 11.0 Å². The number of piperidine rings is 1. The van der Waals surface area contributed by atoms with E-state index in [0.717, 1.165) is 9.05 Å². The van der Waals surface area contributed by atoms with Gasteiger partial charge in [-0.2, -0.15) is 0 Å². The van der Waals surface area contributed by atoms with Crippen LogP contribution in [0.15, 0.2) is 3.92 Å². The number of aromatic nitrogens is 2. The zero-order chi connectivity index (χ0) is 11.1. The van der Waals surface area contributed by atoms with Gasteiger partial charge in [-0.05, 0) is 22.4 Å². The number of nitrogens with one attached hydrogen (secondary N) is 1. The minimum Gasteiger partial charge on any atom is -0.351 e. The summed E-state index contributed by atoms with van der Waals surface area (Å²) in [6.45, 7) is 1.58. The van der Waals surface area contributed by atoms with Crippen LogP contribution in [-0.2, 0) is 4.79 Å². The molecule has 1 N–H and O–H groups in total. The van der Waals surface area contributed by atoms with Gasteiger partial charge in [0.05, 0.1) is 12.1 Å². The Morgan fingerprint density at radius 3 is 3.12 bits per heavy atom. The first kappa shape index (κ1) is 9.35. The Morgan fingerprint density at radius 2 is 2.50 bits per heavy atom.